The number of halogens is 1. The van der Waals surface area contributed by atoms with E-state index in [1.165, 1.54) is 0 Å². The molecule has 2 nitrogen and oxygen atoms in total. The predicted molar refractivity (Wildman–Crippen MR) is 81.5 cm³/mol. The number of hydrogen-bond acceptors (Lipinski definition) is 2. The summed E-state index contributed by atoms with van der Waals surface area (Å²) < 4.78 is 0.980. The fourth-order valence-corrected chi connectivity index (χ4v) is 2.75. The molecular weight excluding hydrogens is 290 g/mol. The van der Waals surface area contributed by atoms with Crippen LogP contribution in [-0.4, -0.2) is 18.9 Å². The summed E-state index contributed by atoms with van der Waals surface area (Å²) in [7, 11) is 2.10. The topological polar surface area (TPSA) is 20.3 Å². The summed E-state index contributed by atoms with van der Waals surface area (Å²) in [5.74, 6) is 0.776. The number of rotatable bonds is 5. The maximum atomic E-state index is 11.3. The molecule has 0 N–H and O–H groups in total. The Morgan fingerprint density at radius 2 is 1.94 bits per heavy atom. The lowest BCUT2D eigenvalue weighted by molar-refractivity contribution is 0.101. The first-order chi connectivity index (χ1) is 8.32. The number of hydrogen-bond donors (Lipinski definition) is 0. The second-order valence-electron chi connectivity index (χ2n) is 5.31. The van der Waals surface area contributed by atoms with Crippen LogP contribution in [0.3, 0.4) is 0 Å². The lowest BCUT2D eigenvalue weighted by Crippen LogP contribution is -2.30. The molecule has 100 valence electrons. The number of anilines is 1. The van der Waals surface area contributed by atoms with E-state index in [-0.39, 0.29) is 5.78 Å². The predicted octanol–water partition coefficient (Wildman–Crippen LogP) is 4.52. The van der Waals surface area contributed by atoms with E-state index in [0.717, 1.165) is 22.1 Å². The van der Waals surface area contributed by atoms with Crippen LogP contribution >= 0.6 is 15.9 Å². The molecule has 3 heteroatoms. The SMILES string of the molecule is CC(=O)c1ccc(N(C)C(C)CC(C)C)c(Br)c1. The minimum Gasteiger partial charge on any atom is -0.371 e. The van der Waals surface area contributed by atoms with Crippen molar-refractivity contribution in [2.24, 2.45) is 5.92 Å². The van der Waals surface area contributed by atoms with Crippen LogP contribution in [0.4, 0.5) is 5.69 Å². The quantitative estimate of drug-likeness (QED) is 0.745. The summed E-state index contributed by atoms with van der Waals surface area (Å²) in [5.41, 5.74) is 1.88. The molecule has 0 saturated carbocycles. The van der Waals surface area contributed by atoms with Crippen LogP contribution in [0.5, 0.6) is 0 Å². The lowest BCUT2D eigenvalue weighted by Gasteiger charge is -2.29. The zero-order valence-corrected chi connectivity index (χ0v) is 13.4. The van der Waals surface area contributed by atoms with Crippen LogP contribution in [0.2, 0.25) is 0 Å². The van der Waals surface area contributed by atoms with E-state index in [0.29, 0.717) is 12.0 Å². The second kappa shape index (κ2) is 6.37. The van der Waals surface area contributed by atoms with Gasteiger partial charge in [0.1, 0.15) is 0 Å². The average Bonchev–Trinajstić information content (AvgIpc) is 2.26. The van der Waals surface area contributed by atoms with Gasteiger partial charge in [-0.3, -0.25) is 4.79 Å². The zero-order valence-electron chi connectivity index (χ0n) is 11.8. The Balaban J connectivity index is 2.92. The van der Waals surface area contributed by atoms with Gasteiger partial charge < -0.3 is 4.90 Å². The molecule has 0 spiro atoms. The fraction of sp³-hybridized carbons (Fsp3) is 0.533. The minimum atomic E-state index is 0.0973. The first-order valence-electron chi connectivity index (χ1n) is 6.36. The third kappa shape index (κ3) is 3.84. The molecule has 0 saturated heterocycles. The van der Waals surface area contributed by atoms with Crippen molar-refractivity contribution in [3.8, 4) is 0 Å². The fourth-order valence-electron chi connectivity index (χ4n) is 2.09. The molecule has 1 aromatic rings. The highest BCUT2D eigenvalue weighted by atomic mass is 79.9. The monoisotopic (exact) mass is 311 g/mol. The highest BCUT2D eigenvalue weighted by molar-refractivity contribution is 9.10. The second-order valence-corrected chi connectivity index (χ2v) is 6.17. The smallest absolute Gasteiger partial charge is 0.159 e. The number of ketones is 1. The highest BCUT2D eigenvalue weighted by Gasteiger charge is 2.14. The number of carbonyl (C=O) groups is 1. The van der Waals surface area contributed by atoms with Gasteiger partial charge >= 0.3 is 0 Å². The van der Waals surface area contributed by atoms with Gasteiger partial charge in [-0.1, -0.05) is 13.8 Å². The first kappa shape index (κ1) is 15.2. The van der Waals surface area contributed by atoms with Crippen molar-refractivity contribution in [1.82, 2.24) is 0 Å². The molecule has 0 bridgehead atoms. The van der Waals surface area contributed by atoms with E-state index in [1.807, 2.05) is 18.2 Å². The molecule has 1 unspecified atom stereocenters. The van der Waals surface area contributed by atoms with Crippen LogP contribution in [-0.2, 0) is 0 Å². The molecule has 0 aliphatic carbocycles. The third-order valence-electron chi connectivity index (χ3n) is 3.21. The normalized spacial score (nSPS) is 12.6. The molecule has 18 heavy (non-hydrogen) atoms. The number of benzene rings is 1. The van der Waals surface area contributed by atoms with E-state index < -0.39 is 0 Å². The van der Waals surface area contributed by atoms with Gasteiger partial charge in [-0.15, -0.1) is 0 Å². The van der Waals surface area contributed by atoms with Crippen molar-refractivity contribution in [2.75, 3.05) is 11.9 Å². The van der Waals surface area contributed by atoms with Crippen molar-refractivity contribution in [3.05, 3.63) is 28.2 Å². The van der Waals surface area contributed by atoms with Crippen molar-refractivity contribution in [2.45, 2.75) is 40.2 Å². The Kier molecular flexibility index (Phi) is 5.39. The molecule has 0 heterocycles. The van der Waals surface area contributed by atoms with Gasteiger partial charge in [-0.2, -0.15) is 0 Å². The molecule has 1 rings (SSSR count). The molecule has 1 atom stereocenters. The summed E-state index contributed by atoms with van der Waals surface area (Å²) in [5, 5.41) is 0. The van der Waals surface area contributed by atoms with E-state index in [4.69, 9.17) is 0 Å². The molecule has 0 fully saturated rings. The summed E-state index contributed by atoms with van der Waals surface area (Å²) in [4.78, 5) is 13.6. The van der Waals surface area contributed by atoms with Crippen LogP contribution in [0.1, 0.15) is 44.5 Å². The first-order valence-corrected chi connectivity index (χ1v) is 7.15. The minimum absolute atomic E-state index is 0.0973. The van der Waals surface area contributed by atoms with Gasteiger partial charge in [0.15, 0.2) is 5.78 Å². The van der Waals surface area contributed by atoms with Gasteiger partial charge in [0, 0.05) is 23.1 Å². The Bertz CT molecular complexity index is 429. The van der Waals surface area contributed by atoms with Crippen molar-refractivity contribution < 1.29 is 4.79 Å². The molecule has 0 aliphatic heterocycles. The van der Waals surface area contributed by atoms with Crippen molar-refractivity contribution in [3.63, 3.8) is 0 Å². The van der Waals surface area contributed by atoms with E-state index in [1.54, 1.807) is 6.92 Å². The van der Waals surface area contributed by atoms with E-state index in [9.17, 15) is 4.79 Å². The van der Waals surface area contributed by atoms with Gasteiger partial charge in [-0.25, -0.2) is 0 Å². The molecular formula is C15H22BrNO. The molecule has 0 radical (unpaired) electrons. The van der Waals surface area contributed by atoms with Crippen LogP contribution in [0, 0.1) is 5.92 Å². The van der Waals surface area contributed by atoms with E-state index in [2.05, 4.69) is 48.6 Å². The molecule has 0 amide bonds. The van der Waals surface area contributed by atoms with Crippen LogP contribution in [0.25, 0.3) is 0 Å². The Labute approximate surface area is 119 Å². The van der Waals surface area contributed by atoms with Crippen LogP contribution < -0.4 is 4.90 Å². The van der Waals surface area contributed by atoms with Gasteiger partial charge in [0.25, 0.3) is 0 Å². The zero-order chi connectivity index (χ0) is 13.9. The summed E-state index contributed by atoms with van der Waals surface area (Å²) in [6, 6.07) is 6.28. The van der Waals surface area contributed by atoms with Crippen molar-refractivity contribution in [1.29, 1.82) is 0 Å². The van der Waals surface area contributed by atoms with Gasteiger partial charge in [0.05, 0.1) is 5.69 Å². The highest BCUT2D eigenvalue weighted by Crippen LogP contribution is 2.29. The average molecular weight is 312 g/mol. The number of Topliss-reactive ketones (excluding diaryl/α,β-unsaturated/α-hetero) is 1. The summed E-state index contributed by atoms with van der Waals surface area (Å²) in [6.45, 7) is 8.29. The van der Waals surface area contributed by atoms with Crippen molar-refractivity contribution >= 4 is 27.4 Å². The summed E-state index contributed by atoms with van der Waals surface area (Å²) in [6.07, 6.45) is 1.15. The molecule has 0 aliphatic rings. The lowest BCUT2D eigenvalue weighted by atomic mass is 10.0. The number of nitrogens with zero attached hydrogens (tertiary/aromatic N) is 1. The maximum Gasteiger partial charge on any atom is 0.159 e. The van der Waals surface area contributed by atoms with Gasteiger partial charge in [-0.05, 0) is 60.3 Å². The molecule has 1 aromatic carbocycles. The van der Waals surface area contributed by atoms with Crippen LogP contribution in [0.15, 0.2) is 22.7 Å². The third-order valence-corrected chi connectivity index (χ3v) is 3.84. The Hall–Kier alpha value is -0.830. The Morgan fingerprint density at radius 3 is 2.39 bits per heavy atom. The van der Waals surface area contributed by atoms with Gasteiger partial charge in [0.2, 0.25) is 0 Å². The summed E-state index contributed by atoms with van der Waals surface area (Å²) >= 11 is 3.56. The maximum absolute atomic E-state index is 11.3. The Morgan fingerprint density at radius 1 is 1.33 bits per heavy atom. The van der Waals surface area contributed by atoms with E-state index >= 15 is 0 Å². The largest absolute Gasteiger partial charge is 0.371 e. The molecule has 0 aromatic heterocycles. The number of carbonyl (C=O) groups excluding carboxylic acids is 1. The standard InChI is InChI=1S/C15H22BrNO/c1-10(2)8-11(3)17(5)15-7-6-13(12(4)18)9-14(15)16/h6-7,9-11H,8H2,1-5H3.